The first-order valence-electron chi connectivity index (χ1n) is 3.76. The van der Waals surface area contributed by atoms with Crippen LogP contribution in [0.2, 0.25) is 0 Å². The molecule has 0 aromatic heterocycles. The highest BCUT2D eigenvalue weighted by atomic mass is 16.2. The van der Waals surface area contributed by atoms with E-state index in [1.165, 1.54) is 19.3 Å². The first kappa shape index (κ1) is 11.7. The highest BCUT2D eigenvalue weighted by molar-refractivity contribution is 4.45. The molecule has 0 aromatic carbocycles. The highest BCUT2D eigenvalue weighted by Crippen LogP contribution is 2.07. The Morgan fingerprint density at radius 2 is 1.67 bits per heavy atom. The summed E-state index contributed by atoms with van der Waals surface area (Å²) in [5, 5.41) is 7.00. The van der Waals surface area contributed by atoms with E-state index in [-0.39, 0.29) is 0 Å². The maximum atomic E-state index is 7.00. The summed E-state index contributed by atoms with van der Waals surface area (Å²) < 4.78 is 0. The summed E-state index contributed by atoms with van der Waals surface area (Å²) >= 11 is 0. The van der Waals surface area contributed by atoms with Crippen molar-refractivity contribution >= 4 is 0 Å². The van der Waals surface area contributed by atoms with Gasteiger partial charge in [-0.05, 0) is 5.92 Å². The summed E-state index contributed by atoms with van der Waals surface area (Å²) in [6.07, 6.45) is 4.08. The van der Waals surface area contributed by atoms with E-state index in [1.54, 1.807) is 0 Å². The lowest BCUT2D eigenvalue weighted by Gasteiger charge is -2.02. The molecule has 0 aliphatic carbocycles. The van der Waals surface area contributed by atoms with Crippen molar-refractivity contribution in [3.8, 4) is 0 Å². The molecule has 0 aliphatic heterocycles. The summed E-state index contributed by atoms with van der Waals surface area (Å²) in [6, 6.07) is 0. The first-order chi connectivity index (χ1) is 4.31. The minimum Gasteiger partial charge on any atom is -0.400 e. The molecule has 1 heteroatoms. The predicted octanol–water partition coefficient (Wildman–Crippen LogP) is 2.44. The smallest absolute Gasteiger partial charge is 0.0319 e. The molecule has 1 nitrogen and oxygen atoms in total. The third-order valence-corrected chi connectivity index (χ3v) is 1.48. The molecule has 58 valence electrons. The Kier molecular flexibility index (Phi) is 14.1. The maximum Gasteiger partial charge on any atom is 0.0319 e. The van der Waals surface area contributed by atoms with Gasteiger partial charge in [-0.2, -0.15) is 0 Å². The van der Waals surface area contributed by atoms with Crippen LogP contribution in [0.4, 0.5) is 0 Å². The second kappa shape index (κ2) is 10.9. The fourth-order valence-corrected chi connectivity index (χ4v) is 0.697. The SMILES string of the molecule is CCCC(C)CC.CO. The van der Waals surface area contributed by atoms with Crippen LogP contribution in [0.15, 0.2) is 0 Å². The van der Waals surface area contributed by atoms with Gasteiger partial charge in [0, 0.05) is 7.11 Å². The van der Waals surface area contributed by atoms with Gasteiger partial charge in [0.25, 0.3) is 0 Å². The quantitative estimate of drug-likeness (QED) is 0.625. The van der Waals surface area contributed by atoms with Crippen molar-refractivity contribution in [3.63, 3.8) is 0 Å². The number of hydrogen-bond donors (Lipinski definition) is 1. The molecule has 0 bridgehead atoms. The fraction of sp³-hybridized carbons (Fsp3) is 1.00. The van der Waals surface area contributed by atoms with Crippen molar-refractivity contribution in [2.75, 3.05) is 7.11 Å². The van der Waals surface area contributed by atoms with Gasteiger partial charge in [0.15, 0.2) is 0 Å². The van der Waals surface area contributed by atoms with Crippen LogP contribution < -0.4 is 0 Å². The van der Waals surface area contributed by atoms with Gasteiger partial charge in [-0.15, -0.1) is 0 Å². The van der Waals surface area contributed by atoms with E-state index >= 15 is 0 Å². The lowest BCUT2D eigenvalue weighted by Crippen LogP contribution is -1.88. The number of rotatable bonds is 3. The zero-order valence-electron chi connectivity index (χ0n) is 7.15. The van der Waals surface area contributed by atoms with Crippen LogP contribution in [0.25, 0.3) is 0 Å². The third kappa shape index (κ3) is 11.5. The predicted molar refractivity (Wildman–Crippen MR) is 42.5 cm³/mol. The van der Waals surface area contributed by atoms with Gasteiger partial charge in [0.1, 0.15) is 0 Å². The molecular weight excluding hydrogens is 112 g/mol. The van der Waals surface area contributed by atoms with E-state index in [4.69, 9.17) is 5.11 Å². The minimum atomic E-state index is 0.949. The average molecular weight is 132 g/mol. The summed E-state index contributed by atoms with van der Waals surface area (Å²) in [6.45, 7) is 6.80. The van der Waals surface area contributed by atoms with Gasteiger partial charge in [0.2, 0.25) is 0 Å². The van der Waals surface area contributed by atoms with Gasteiger partial charge in [0.05, 0.1) is 0 Å². The Balaban J connectivity index is 0. The fourth-order valence-electron chi connectivity index (χ4n) is 0.697. The molecule has 0 radical (unpaired) electrons. The molecule has 1 atom stereocenters. The lowest BCUT2D eigenvalue weighted by atomic mass is 10.0. The number of aliphatic hydroxyl groups is 1. The Hall–Kier alpha value is -0.0400. The molecule has 0 fully saturated rings. The van der Waals surface area contributed by atoms with Crippen molar-refractivity contribution in [2.24, 2.45) is 5.92 Å². The standard InChI is InChI=1S/C7H16.CH4O/c1-4-6-7(3)5-2;1-2/h7H,4-6H2,1-3H3;2H,1H3. The van der Waals surface area contributed by atoms with E-state index in [9.17, 15) is 0 Å². The highest BCUT2D eigenvalue weighted by Gasteiger charge is 1.92. The van der Waals surface area contributed by atoms with Crippen LogP contribution >= 0.6 is 0 Å². The van der Waals surface area contributed by atoms with E-state index in [0.717, 1.165) is 13.0 Å². The monoisotopic (exact) mass is 132 g/mol. The van der Waals surface area contributed by atoms with E-state index in [0.29, 0.717) is 0 Å². The van der Waals surface area contributed by atoms with Gasteiger partial charge in [-0.3, -0.25) is 0 Å². The van der Waals surface area contributed by atoms with Crippen LogP contribution in [0, 0.1) is 5.92 Å². The summed E-state index contributed by atoms with van der Waals surface area (Å²) in [5.74, 6) is 0.949. The summed E-state index contributed by atoms with van der Waals surface area (Å²) in [5.41, 5.74) is 0. The lowest BCUT2D eigenvalue weighted by molar-refractivity contribution is 0.399. The molecule has 0 saturated heterocycles. The van der Waals surface area contributed by atoms with E-state index in [1.807, 2.05) is 0 Å². The maximum absolute atomic E-state index is 7.00. The molecule has 0 aliphatic rings. The normalized spacial score (nSPS) is 11.7. The second-order valence-corrected chi connectivity index (χ2v) is 2.30. The van der Waals surface area contributed by atoms with Crippen LogP contribution in [0.5, 0.6) is 0 Å². The second-order valence-electron chi connectivity index (χ2n) is 2.30. The van der Waals surface area contributed by atoms with E-state index < -0.39 is 0 Å². The van der Waals surface area contributed by atoms with Crippen molar-refractivity contribution in [3.05, 3.63) is 0 Å². The summed E-state index contributed by atoms with van der Waals surface area (Å²) in [4.78, 5) is 0. The van der Waals surface area contributed by atoms with Gasteiger partial charge >= 0.3 is 0 Å². The molecule has 0 heterocycles. The molecule has 0 saturated carbocycles. The van der Waals surface area contributed by atoms with E-state index in [2.05, 4.69) is 20.8 Å². The average Bonchev–Trinajstić information content (AvgIpc) is 1.93. The van der Waals surface area contributed by atoms with Crippen LogP contribution in [-0.2, 0) is 0 Å². The molecule has 0 amide bonds. The van der Waals surface area contributed by atoms with Crippen LogP contribution in [-0.4, -0.2) is 12.2 Å². The summed E-state index contributed by atoms with van der Waals surface area (Å²) in [7, 11) is 1.00. The molecule has 1 unspecified atom stereocenters. The molecule has 9 heavy (non-hydrogen) atoms. The Morgan fingerprint density at radius 1 is 1.22 bits per heavy atom. The minimum absolute atomic E-state index is 0.949. The Bertz CT molecular complexity index is 35.5. The largest absolute Gasteiger partial charge is 0.400 e. The zero-order valence-corrected chi connectivity index (χ0v) is 7.15. The Labute approximate surface area is 59.1 Å². The third-order valence-electron chi connectivity index (χ3n) is 1.48. The van der Waals surface area contributed by atoms with Crippen molar-refractivity contribution in [2.45, 2.75) is 40.0 Å². The van der Waals surface area contributed by atoms with Crippen molar-refractivity contribution < 1.29 is 5.11 Å². The molecular formula is C8H20O. The van der Waals surface area contributed by atoms with Gasteiger partial charge in [-0.1, -0.05) is 40.0 Å². The molecule has 0 spiro atoms. The number of hydrogen-bond acceptors (Lipinski definition) is 1. The van der Waals surface area contributed by atoms with Crippen LogP contribution in [0.1, 0.15) is 40.0 Å². The van der Waals surface area contributed by atoms with Crippen LogP contribution in [0.3, 0.4) is 0 Å². The number of aliphatic hydroxyl groups excluding tert-OH is 1. The first-order valence-corrected chi connectivity index (χ1v) is 3.76. The van der Waals surface area contributed by atoms with Gasteiger partial charge in [-0.25, -0.2) is 0 Å². The van der Waals surface area contributed by atoms with Crippen molar-refractivity contribution in [1.82, 2.24) is 0 Å². The molecule has 1 N–H and O–H groups in total. The molecule has 0 rings (SSSR count). The molecule has 0 aromatic rings. The Morgan fingerprint density at radius 3 is 1.78 bits per heavy atom. The van der Waals surface area contributed by atoms with Gasteiger partial charge < -0.3 is 5.11 Å². The topological polar surface area (TPSA) is 20.2 Å². The van der Waals surface area contributed by atoms with Crippen molar-refractivity contribution in [1.29, 1.82) is 0 Å². The zero-order chi connectivity index (χ0) is 7.70.